The molecule has 4 aromatic carbocycles. The molecule has 0 unspecified atom stereocenters. The van der Waals surface area contributed by atoms with Crippen LogP contribution in [0.15, 0.2) is 48.5 Å². The highest BCUT2D eigenvalue weighted by Gasteiger charge is 2.46. The van der Waals surface area contributed by atoms with Gasteiger partial charge in [0.15, 0.2) is 0 Å². The molecular formula is C47H52F12NO2+. The molecule has 0 N–H and O–H groups in total. The Labute approximate surface area is 354 Å². The number of quaternary nitrogens is 1. The minimum Gasteiger partial charge on any atom is -0.496 e. The first-order valence-corrected chi connectivity index (χ1v) is 19.8. The molecule has 0 saturated heterocycles. The van der Waals surface area contributed by atoms with Gasteiger partial charge in [0.25, 0.3) is 0 Å². The molecule has 3 nitrogen and oxygen atoms in total. The highest BCUT2D eigenvalue weighted by Crippen LogP contribution is 2.56. The fourth-order valence-corrected chi connectivity index (χ4v) is 8.55. The van der Waals surface area contributed by atoms with Crippen LogP contribution in [0.25, 0.3) is 33.4 Å². The van der Waals surface area contributed by atoms with E-state index in [1.807, 2.05) is 27.7 Å². The summed E-state index contributed by atoms with van der Waals surface area (Å²) in [5, 5.41) is 0. The molecule has 0 fully saturated rings. The molecule has 340 valence electrons. The quantitative estimate of drug-likeness (QED) is 0.147. The average molecular weight is 891 g/mol. The Kier molecular flexibility index (Phi) is 12.1. The number of fused-ring (bicyclic) bond motifs is 3. The van der Waals surface area contributed by atoms with E-state index in [1.54, 1.807) is 60.7 Å². The van der Waals surface area contributed by atoms with Gasteiger partial charge in [-0.05, 0) is 88.5 Å². The van der Waals surface area contributed by atoms with Crippen molar-refractivity contribution in [3.05, 3.63) is 93.0 Å². The number of alkyl halides is 12. The van der Waals surface area contributed by atoms with Crippen LogP contribution in [-0.4, -0.2) is 31.8 Å². The molecule has 4 aromatic rings. The largest absolute Gasteiger partial charge is 0.496 e. The third-order valence-corrected chi connectivity index (χ3v) is 12.1. The fourth-order valence-electron chi connectivity index (χ4n) is 8.55. The molecular weight excluding hydrogens is 838 g/mol. The van der Waals surface area contributed by atoms with Crippen LogP contribution in [0.5, 0.6) is 11.5 Å². The predicted octanol–water partition coefficient (Wildman–Crippen LogP) is 15.3. The van der Waals surface area contributed by atoms with Gasteiger partial charge in [0.1, 0.15) is 24.6 Å². The van der Waals surface area contributed by atoms with Crippen molar-refractivity contribution in [1.82, 2.24) is 0 Å². The molecule has 0 spiro atoms. The summed E-state index contributed by atoms with van der Waals surface area (Å²) in [4.78, 5) is 0. The molecule has 0 amide bonds. The van der Waals surface area contributed by atoms with Crippen LogP contribution in [0.2, 0.25) is 0 Å². The number of nitrogens with zero attached hydrogens (tertiary/aromatic N) is 1. The standard InChI is InChI=1S/C47H52F12NO2/c1-24(41(2,3)4)60(11)22-33-31(20-35(42(5,6)7)39(61-12)37(33)25-14-27(44(48,49)50)18-28(15-25)45(51,52)53)32-21-36(43(8,9)10)40(62-13)38(34(32)23-60)26-16-29(46(54,55)56)19-30(17-26)47(57,58)59/h14-21,24H,22-23H2,1-13H3/q+1/t24-/m0/s1. The maximum atomic E-state index is 14.5. The van der Waals surface area contributed by atoms with Crippen molar-refractivity contribution in [1.29, 1.82) is 0 Å². The van der Waals surface area contributed by atoms with E-state index < -0.39 is 80.4 Å². The Balaban J connectivity index is 2.19. The summed E-state index contributed by atoms with van der Waals surface area (Å²) in [5.74, 6) is 0.0270. The van der Waals surface area contributed by atoms with Crippen molar-refractivity contribution >= 4 is 0 Å². The van der Waals surface area contributed by atoms with Crippen LogP contribution in [0, 0.1) is 5.41 Å². The number of hydrogen-bond acceptors (Lipinski definition) is 2. The normalized spacial score (nSPS) is 15.8. The van der Waals surface area contributed by atoms with Crippen molar-refractivity contribution in [2.45, 2.75) is 124 Å². The Hall–Kier alpha value is -4.40. The first-order valence-electron chi connectivity index (χ1n) is 19.8. The first-order chi connectivity index (χ1) is 27.8. The van der Waals surface area contributed by atoms with Gasteiger partial charge in [0.2, 0.25) is 0 Å². The highest BCUT2D eigenvalue weighted by atomic mass is 19.4. The zero-order valence-corrected chi connectivity index (χ0v) is 36.9. The van der Waals surface area contributed by atoms with Gasteiger partial charge >= 0.3 is 24.7 Å². The number of methoxy groups -OCH3 is 2. The highest BCUT2D eigenvalue weighted by molar-refractivity contribution is 5.91. The molecule has 0 aliphatic carbocycles. The summed E-state index contributed by atoms with van der Waals surface area (Å²) in [5.41, 5.74) is -7.65. The van der Waals surface area contributed by atoms with E-state index in [2.05, 4.69) is 0 Å². The van der Waals surface area contributed by atoms with Crippen molar-refractivity contribution in [2.24, 2.45) is 5.41 Å². The zero-order chi connectivity index (χ0) is 47.3. The van der Waals surface area contributed by atoms with Crippen LogP contribution in [0.4, 0.5) is 52.7 Å². The maximum Gasteiger partial charge on any atom is 0.416 e. The van der Waals surface area contributed by atoms with Crippen LogP contribution < -0.4 is 9.47 Å². The minimum absolute atomic E-state index is 0.0135. The molecule has 1 aliphatic rings. The third-order valence-electron chi connectivity index (χ3n) is 12.1. The predicted molar refractivity (Wildman–Crippen MR) is 216 cm³/mol. The zero-order valence-electron chi connectivity index (χ0n) is 36.9. The van der Waals surface area contributed by atoms with Crippen molar-refractivity contribution < 1.29 is 66.6 Å². The third kappa shape index (κ3) is 9.29. The van der Waals surface area contributed by atoms with Crippen molar-refractivity contribution in [3.63, 3.8) is 0 Å². The Morgan fingerprint density at radius 3 is 0.952 bits per heavy atom. The lowest BCUT2D eigenvalue weighted by Gasteiger charge is -2.46. The van der Waals surface area contributed by atoms with E-state index in [0.29, 0.717) is 46.5 Å². The van der Waals surface area contributed by atoms with Crippen LogP contribution in [-0.2, 0) is 48.6 Å². The minimum atomic E-state index is -5.20. The second-order valence-corrected chi connectivity index (χ2v) is 19.6. The van der Waals surface area contributed by atoms with E-state index in [1.165, 1.54) is 14.2 Å². The average Bonchev–Trinajstić information content (AvgIpc) is 3.23. The Morgan fingerprint density at radius 1 is 0.468 bits per heavy atom. The summed E-state index contributed by atoms with van der Waals surface area (Å²) in [6, 6.07) is 5.69. The smallest absolute Gasteiger partial charge is 0.416 e. The molecule has 0 bridgehead atoms. The summed E-state index contributed by atoms with van der Waals surface area (Å²) < 4.78 is 186. The summed E-state index contributed by atoms with van der Waals surface area (Å²) >= 11 is 0. The van der Waals surface area contributed by atoms with Gasteiger partial charge in [-0.1, -0.05) is 62.3 Å². The van der Waals surface area contributed by atoms with Crippen LogP contribution in [0.1, 0.15) is 114 Å². The fraction of sp³-hybridized carbons (Fsp3) is 0.489. The van der Waals surface area contributed by atoms with Crippen LogP contribution >= 0.6 is 0 Å². The lowest BCUT2D eigenvalue weighted by molar-refractivity contribution is -0.962. The molecule has 15 heteroatoms. The number of halogens is 12. The van der Waals surface area contributed by atoms with Crippen LogP contribution in [0.3, 0.4) is 0 Å². The SMILES string of the molecule is COc1c(C(C)(C)C)cc2c(c1-c1cc(C(F)(F)F)cc(C(F)(F)F)c1)C[N+](C)([C@@H](C)C(C)(C)C)Cc1c-2cc(C(C)(C)C)c(OC)c1-c1cc(C(F)(F)F)cc(C(F)(F)F)c1. The topological polar surface area (TPSA) is 18.5 Å². The van der Waals surface area contributed by atoms with Gasteiger partial charge in [-0.2, -0.15) is 52.7 Å². The molecule has 0 saturated carbocycles. The second-order valence-electron chi connectivity index (χ2n) is 19.6. The van der Waals surface area contributed by atoms with E-state index in [-0.39, 0.29) is 63.5 Å². The van der Waals surface area contributed by atoms with Gasteiger partial charge < -0.3 is 14.0 Å². The number of ether oxygens (including phenoxy) is 2. The van der Waals surface area contributed by atoms with E-state index in [9.17, 15) is 52.7 Å². The van der Waals surface area contributed by atoms with Gasteiger partial charge in [0, 0.05) is 38.8 Å². The summed E-state index contributed by atoms with van der Waals surface area (Å²) in [6.45, 7) is 18.2. The van der Waals surface area contributed by atoms with E-state index in [0.717, 1.165) is 0 Å². The molecule has 62 heavy (non-hydrogen) atoms. The van der Waals surface area contributed by atoms with Crippen molar-refractivity contribution in [3.8, 4) is 44.9 Å². The van der Waals surface area contributed by atoms with E-state index in [4.69, 9.17) is 9.47 Å². The van der Waals surface area contributed by atoms with Gasteiger partial charge in [-0.25, -0.2) is 0 Å². The number of benzene rings is 4. The molecule has 0 radical (unpaired) electrons. The molecule has 5 rings (SSSR count). The van der Waals surface area contributed by atoms with Gasteiger partial charge in [-0.3, -0.25) is 0 Å². The lowest BCUT2D eigenvalue weighted by Crippen LogP contribution is -2.54. The van der Waals surface area contributed by atoms with Crippen molar-refractivity contribution in [2.75, 3.05) is 21.3 Å². The molecule has 1 heterocycles. The lowest BCUT2D eigenvalue weighted by atomic mass is 9.76. The Morgan fingerprint density at radius 2 is 0.742 bits per heavy atom. The number of hydrogen-bond donors (Lipinski definition) is 0. The number of rotatable bonds is 5. The summed E-state index contributed by atoms with van der Waals surface area (Å²) in [7, 11) is 4.33. The van der Waals surface area contributed by atoms with E-state index >= 15 is 0 Å². The second kappa shape index (κ2) is 15.4. The molecule has 0 aromatic heterocycles. The summed E-state index contributed by atoms with van der Waals surface area (Å²) in [6.07, 6.45) is -20.8. The molecule has 1 atom stereocenters. The van der Waals surface area contributed by atoms with Gasteiger partial charge in [-0.15, -0.1) is 0 Å². The Bertz CT molecular complexity index is 2150. The van der Waals surface area contributed by atoms with Gasteiger partial charge in [0.05, 0.1) is 49.6 Å². The monoisotopic (exact) mass is 890 g/mol. The first kappa shape index (κ1) is 48.6. The molecule has 1 aliphatic heterocycles. The maximum absolute atomic E-state index is 14.5.